The fraction of sp³-hybridized carbons (Fsp3) is 0.550. The zero-order valence-corrected chi connectivity index (χ0v) is 18.0. The predicted molar refractivity (Wildman–Crippen MR) is 113 cm³/mol. The van der Waals surface area contributed by atoms with Crippen molar-refractivity contribution in [3.8, 4) is 0 Å². The van der Waals surface area contributed by atoms with Crippen molar-refractivity contribution in [1.82, 2.24) is 25.4 Å². The second-order valence-electron chi connectivity index (χ2n) is 7.29. The minimum absolute atomic E-state index is 0.497. The molecule has 0 aliphatic heterocycles. The third-order valence-electron chi connectivity index (χ3n) is 5.25. The van der Waals surface area contributed by atoms with E-state index in [9.17, 15) is 0 Å². The fourth-order valence-electron chi connectivity index (χ4n) is 3.36. The van der Waals surface area contributed by atoms with Crippen LogP contribution in [0, 0.1) is 13.8 Å². The lowest BCUT2D eigenvalue weighted by atomic mass is 9.96. The van der Waals surface area contributed by atoms with E-state index < -0.39 is 0 Å². The summed E-state index contributed by atoms with van der Waals surface area (Å²) < 4.78 is 3.11. The molecule has 2 N–H and O–H groups in total. The van der Waals surface area contributed by atoms with Crippen molar-refractivity contribution in [2.45, 2.75) is 65.1 Å². The van der Waals surface area contributed by atoms with Crippen LogP contribution in [0.2, 0.25) is 0 Å². The summed E-state index contributed by atoms with van der Waals surface area (Å²) in [6, 6.07) is 6.83. The lowest BCUT2D eigenvalue weighted by molar-refractivity contribution is 0.409. The highest BCUT2D eigenvalue weighted by molar-refractivity contribution is 9.10. The molecule has 1 saturated carbocycles. The van der Waals surface area contributed by atoms with Crippen LogP contribution in [-0.2, 0) is 20.1 Å². The number of aryl methyl sites for hydroxylation is 2. The van der Waals surface area contributed by atoms with Crippen LogP contribution in [0.3, 0.4) is 0 Å². The molecular formula is C20H29BrN6. The van der Waals surface area contributed by atoms with E-state index in [4.69, 9.17) is 4.99 Å². The van der Waals surface area contributed by atoms with Crippen LogP contribution in [0.15, 0.2) is 27.7 Å². The number of hydrogen-bond donors (Lipinski definition) is 2. The summed E-state index contributed by atoms with van der Waals surface area (Å²) >= 11 is 3.53. The highest BCUT2D eigenvalue weighted by atomic mass is 79.9. The van der Waals surface area contributed by atoms with Gasteiger partial charge in [-0.2, -0.15) is 0 Å². The molecule has 0 bridgehead atoms. The van der Waals surface area contributed by atoms with Gasteiger partial charge in [0.05, 0.1) is 13.1 Å². The van der Waals surface area contributed by atoms with Gasteiger partial charge in [0.25, 0.3) is 0 Å². The molecular weight excluding hydrogens is 404 g/mol. The summed E-state index contributed by atoms with van der Waals surface area (Å²) in [6.45, 7) is 5.34. The number of nitrogens with zero attached hydrogens (tertiary/aromatic N) is 4. The second kappa shape index (κ2) is 9.35. The molecule has 3 rings (SSSR count). The minimum Gasteiger partial charge on any atom is -0.354 e. The zero-order chi connectivity index (χ0) is 19.2. The van der Waals surface area contributed by atoms with E-state index >= 15 is 0 Å². The smallest absolute Gasteiger partial charge is 0.192 e. The Hall–Kier alpha value is -1.89. The first-order valence-corrected chi connectivity index (χ1v) is 10.5. The number of hydrogen-bond acceptors (Lipinski definition) is 3. The molecule has 0 unspecified atom stereocenters. The largest absolute Gasteiger partial charge is 0.354 e. The molecule has 27 heavy (non-hydrogen) atoms. The SMILES string of the molecule is Cc1cc(Br)ccc1CN=C(NCc1nnc(C)n1C)NC1CCCCC1. The van der Waals surface area contributed by atoms with Crippen LogP contribution in [-0.4, -0.2) is 26.8 Å². The topological polar surface area (TPSA) is 67.1 Å². The number of aliphatic imine (C=N–C) groups is 1. The molecule has 1 heterocycles. The first kappa shape index (κ1) is 19.9. The third-order valence-corrected chi connectivity index (χ3v) is 5.75. The summed E-state index contributed by atoms with van der Waals surface area (Å²) in [5.74, 6) is 2.67. The van der Waals surface area contributed by atoms with E-state index in [0.717, 1.165) is 22.1 Å². The Balaban J connectivity index is 1.70. The predicted octanol–water partition coefficient (Wildman–Crippen LogP) is 3.76. The molecule has 1 aliphatic rings. The Morgan fingerprint density at radius 1 is 1.22 bits per heavy atom. The van der Waals surface area contributed by atoms with E-state index in [1.54, 1.807) is 0 Å². The van der Waals surface area contributed by atoms with Gasteiger partial charge in [-0.1, -0.05) is 41.3 Å². The molecule has 2 aromatic rings. The number of guanidine groups is 1. The van der Waals surface area contributed by atoms with Gasteiger partial charge in [0, 0.05) is 17.6 Å². The summed E-state index contributed by atoms with van der Waals surface area (Å²) in [4.78, 5) is 4.85. The normalized spacial score (nSPS) is 15.8. The maximum absolute atomic E-state index is 4.85. The number of aromatic nitrogens is 3. The van der Waals surface area contributed by atoms with Crippen LogP contribution in [0.4, 0.5) is 0 Å². The van der Waals surface area contributed by atoms with Gasteiger partial charge in [0.1, 0.15) is 5.82 Å². The summed E-state index contributed by atoms with van der Waals surface area (Å²) in [5, 5.41) is 15.4. The van der Waals surface area contributed by atoms with E-state index in [-0.39, 0.29) is 0 Å². The second-order valence-corrected chi connectivity index (χ2v) is 8.21. The van der Waals surface area contributed by atoms with Crippen LogP contribution in [0.1, 0.15) is 54.9 Å². The average Bonchev–Trinajstić information content (AvgIpc) is 2.98. The zero-order valence-electron chi connectivity index (χ0n) is 16.4. The Labute approximate surface area is 170 Å². The summed E-state index contributed by atoms with van der Waals surface area (Å²) in [6.07, 6.45) is 6.34. The lowest BCUT2D eigenvalue weighted by Gasteiger charge is -2.25. The van der Waals surface area contributed by atoms with Gasteiger partial charge < -0.3 is 15.2 Å². The van der Waals surface area contributed by atoms with Gasteiger partial charge in [-0.15, -0.1) is 10.2 Å². The van der Waals surface area contributed by atoms with Crippen molar-refractivity contribution in [2.24, 2.45) is 12.0 Å². The Bertz CT molecular complexity index is 792. The Kier molecular flexibility index (Phi) is 6.88. The highest BCUT2D eigenvalue weighted by Crippen LogP contribution is 2.18. The van der Waals surface area contributed by atoms with Gasteiger partial charge in [-0.3, -0.25) is 0 Å². The quantitative estimate of drug-likeness (QED) is 0.557. The van der Waals surface area contributed by atoms with Crippen molar-refractivity contribution < 1.29 is 0 Å². The molecule has 1 aromatic heterocycles. The molecule has 0 radical (unpaired) electrons. The van der Waals surface area contributed by atoms with Crippen molar-refractivity contribution in [3.63, 3.8) is 0 Å². The van der Waals surface area contributed by atoms with Crippen LogP contribution in [0.25, 0.3) is 0 Å². The van der Waals surface area contributed by atoms with E-state index in [1.807, 2.05) is 18.5 Å². The van der Waals surface area contributed by atoms with Crippen LogP contribution >= 0.6 is 15.9 Å². The summed E-state index contributed by atoms with van der Waals surface area (Å²) in [7, 11) is 1.99. The highest BCUT2D eigenvalue weighted by Gasteiger charge is 2.15. The summed E-state index contributed by atoms with van der Waals surface area (Å²) in [5.41, 5.74) is 2.48. The Morgan fingerprint density at radius 3 is 2.67 bits per heavy atom. The maximum Gasteiger partial charge on any atom is 0.192 e. The minimum atomic E-state index is 0.497. The number of benzene rings is 1. The molecule has 0 saturated heterocycles. The molecule has 0 spiro atoms. The molecule has 7 heteroatoms. The molecule has 0 amide bonds. The monoisotopic (exact) mass is 432 g/mol. The van der Waals surface area contributed by atoms with Gasteiger partial charge >= 0.3 is 0 Å². The number of nitrogens with one attached hydrogen (secondary N) is 2. The van der Waals surface area contributed by atoms with Crippen molar-refractivity contribution in [2.75, 3.05) is 0 Å². The van der Waals surface area contributed by atoms with Gasteiger partial charge in [0.2, 0.25) is 0 Å². The Morgan fingerprint density at radius 2 is 2.00 bits per heavy atom. The van der Waals surface area contributed by atoms with Crippen molar-refractivity contribution >= 4 is 21.9 Å². The van der Waals surface area contributed by atoms with Crippen LogP contribution in [0.5, 0.6) is 0 Å². The van der Waals surface area contributed by atoms with Gasteiger partial charge in [-0.25, -0.2) is 4.99 Å². The first-order valence-electron chi connectivity index (χ1n) is 9.67. The first-order chi connectivity index (χ1) is 13.0. The average molecular weight is 433 g/mol. The molecule has 6 nitrogen and oxygen atoms in total. The van der Waals surface area contributed by atoms with Crippen molar-refractivity contribution in [1.29, 1.82) is 0 Å². The number of rotatable bonds is 5. The third kappa shape index (κ3) is 5.54. The fourth-order valence-corrected chi connectivity index (χ4v) is 3.84. The molecule has 146 valence electrons. The molecule has 0 atom stereocenters. The number of halogens is 1. The molecule has 1 aromatic carbocycles. The van der Waals surface area contributed by atoms with Gasteiger partial charge in [-0.05, 0) is 49.9 Å². The maximum atomic E-state index is 4.85. The molecule has 1 aliphatic carbocycles. The van der Waals surface area contributed by atoms with Crippen molar-refractivity contribution in [3.05, 3.63) is 45.4 Å². The molecule has 1 fully saturated rings. The van der Waals surface area contributed by atoms with E-state index in [0.29, 0.717) is 19.1 Å². The van der Waals surface area contributed by atoms with Gasteiger partial charge in [0.15, 0.2) is 11.8 Å². The van der Waals surface area contributed by atoms with Crippen LogP contribution < -0.4 is 10.6 Å². The van der Waals surface area contributed by atoms with E-state index in [2.05, 4.69) is 61.9 Å². The van der Waals surface area contributed by atoms with E-state index in [1.165, 1.54) is 43.2 Å². The standard InChI is InChI=1S/C20H29BrN6/c1-14-11-17(21)10-9-16(14)12-22-20(24-18-7-5-4-6-8-18)23-13-19-26-25-15(2)27(19)3/h9-11,18H,4-8,12-13H2,1-3H3,(H2,22,23,24). The lowest BCUT2D eigenvalue weighted by Crippen LogP contribution is -2.44.